The van der Waals surface area contributed by atoms with Crippen molar-refractivity contribution in [3.8, 4) is 11.5 Å². The van der Waals surface area contributed by atoms with Crippen LogP contribution in [0, 0.1) is 12.7 Å². The zero-order chi connectivity index (χ0) is 16.7. The van der Waals surface area contributed by atoms with Gasteiger partial charge in [-0.1, -0.05) is 6.07 Å². The Labute approximate surface area is 143 Å². The summed E-state index contributed by atoms with van der Waals surface area (Å²) in [5.74, 6) is 0.478. The molecule has 0 spiro atoms. The number of aromatic nitrogens is 1. The molecule has 2 aromatic heterocycles. The van der Waals surface area contributed by atoms with Gasteiger partial charge in [0, 0.05) is 31.7 Å². The van der Waals surface area contributed by atoms with Crippen molar-refractivity contribution in [2.75, 3.05) is 7.05 Å². The van der Waals surface area contributed by atoms with Crippen molar-refractivity contribution in [2.45, 2.75) is 13.1 Å². The van der Waals surface area contributed by atoms with Gasteiger partial charge in [0.15, 0.2) is 11.6 Å². The Balaban J connectivity index is 1.72. The third-order valence-corrected chi connectivity index (χ3v) is 5.13. The quantitative estimate of drug-likeness (QED) is 0.759. The van der Waals surface area contributed by atoms with Gasteiger partial charge in [-0.05, 0) is 30.7 Å². The lowest BCUT2D eigenvalue weighted by molar-refractivity contribution is 0.345. The van der Waals surface area contributed by atoms with Crippen LogP contribution < -0.4 is 10.1 Å². The van der Waals surface area contributed by atoms with Gasteiger partial charge < -0.3 is 15.0 Å². The molecule has 1 aliphatic heterocycles. The Kier molecular flexibility index (Phi) is 3.61. The van der Waals surface area contributed by atoms with Crippen LogP contribution in [0.4, 0.5) is 4.39 Å². The predicted molar refractivity (Wildman–Crippen MR) is 93.6 cm³/mol. The van der Waals surface area contributed by atoms with Gasteiger partial charge in [-0.15, -0.1) is 11.3 Å². The molecular weight excluding hydrogens is 325 g/mol. The van der Waals surface area contributed by atoms with Crippen LogP contribution in [-0.2, 0) is 0 Å². The first-order valence-electron chi connectivity index (χ1n) is 7.59. The molecule has 0 radical (unpaired) electrons. The number of thiophene rings is 1. The fourth-order valence-electron chi connectivity index (χ4n) is 2.69. The van der Waals surface area contributed by atoms with Crippen LogP contribution in [0.5, 0.6) is 11.5 Å². The summed E-state index contributed by atoms with van der Waals surface area (Å²) in [7, 11) is 2.01. The fraction of sp³-hybridized carbons (Fsp3) is 0.167. The topological polar surface area (TPSA) is 37.4 Å². The second kappa shape index (κ2) is 5.79. The highest BCUT2D eigenvalue weighted by Crippen LogP contribution is 2.38. The number of hydrogen-bond acceptors (Lipinski definition) is 5. The summed E-state index contributed by atoms with van der Waals surface area (Å²) in [5, 5.41) is 3.30. The molecule has 1 aliphatic rings. The van der Waals surface area contributed by atoms with E-state index in [9.17, 15) is 4.39 Å². The van der Waals surface area contributed by atoms with Gasteiger partial charge >= 0.3 is 0 Å². The minimum atomic E-state index is -0.363. The molecular formula is C18H16FN3OS. The normalized spacial score (nSPS) is 16.6. The monoisotopic (exact) mass is 341 g/mol. The number of halogens is 1. The Hall–Kier alpha value is -2.60. The Morgan fingerprint density at radius 3 is 2.88 bits per heavy atom. The highest BCUT2D eigenvalue weighted by Gasteiger charge is 2.21. The molecule has 0 aliphatic carbocycles. The van der Waals surface area contributed by atoms with Gasteiger partial charge in [-0.3, -0.25) is 4.98 Å². The van der Waals surface area contributed by atoms with Gasteiger partial charge in [0.1, 0.15) is 11.9 Å². The van der Waals surface area contributed by atoms with Crippen LogP contribution in [0.1, 0.15) is 16.6 Å². The maximum atomic E-state index is 14.1. The molecule has 1 N–H and O–H groups in total. The Bertz CT molecular complexity index is 937. The molecule has 4 nitrogen and oxygen atoms in total. The van der Waals surface area contributed by atoms with E-state index < -0.39 is 0 Å². The number of nitrogens with one attached hydrogen (secondary N) is 1. The van der Waals surface area contributed by atoms with E-state index in [1.807, 2.05) is 38.5 Å². The fourth-order valence-corrected chi connectivity index (χ4v) is 3.87. The molecule has 0 bridgehead atoms. The van der Waals surface area contributed by atoms with Crippen molar-refractivity contribution >= 4 is 21.6 Å². The van der Waals surface area contributed by atoms with Gasteiger partial charge in [0.25, 0.3) is 0 Å². The maximum Gasteiger partial charge on any atom is 0.165 e. The molecule has 3 aromatic rings. The van der Waals surface area contributed by atoms with Gasteiger partial charge in [-0.2, -0.15) is 0 Å². The van der Waals surface area contributed by atoms with E-state index in [4.69, 9.17) is 4.74 Å². The Morgan fingerprint density at radius 2 is 2.12 bits per heavy atom. The van der Waals surface area contributed by atoms with Crippen LogP contribution in [0.15, 0.2) is 48.9 Å². The molecule has 0 amide bonds. The number of fused-ring (bicyclic) bond motifs is 1. The summed E-state index contributed by atoms with van der Waals surface area (Å²) in [5.41, 5.74) is 1.71. The van der Waals surface area contributed by atoms with E-state index in [0.717, 1.165) is 20.7 Å². The number of aryl methyl sites for hydroxylation is 1. The molecule has 24 heavy (non-hydrogen) atoms. The average molecular weight is 341 g/mol. The molecule has 1 atom stereocenters. The van der Waals surface area contributed by atoms with Crippen molar-refractivity contribution in [3.05, 3.63) is 65.2 Å². The summed E-state index contributed by atoms with van der Waals surface area (Å²) in [4.78, 5) is 7.63. The minimum Gasteiger partial charge on any atom is -0.453 e. The van der Waals surface area contributed by atoms with Crippen LogP contribution in [0.3, 0.4) is 0 Å². The molecule has 122 valence electrons. The number of pyridine rings is 1. The smallest absolute Gasteiger partial charge is 0.165 e. The van der Waals surface area contributed by atoms with Crippen LogP contribution in [0.25, 0.3) is 10.2 Å². The third kappa shape index (κ3) is 2.59. The van der Waals surface area contributed by atoms with Crippen molar-refractivity contribution in [1.82, 2.24) is 15.2 Å². The lowest BCUT2D eigenvalue weighted by atomic mass is 10.2. The number of nitrogens with zero attached hydrogens (tertiary/aromatic N) is 2. The summed E-state index contributed by atoms with van der Waals surface area (Å²) < 4.78 is 20.8. The van der Waals surface area contributed by atoms with Crippen LogP contribution in [-0.4, -0.2) is 16.9 Å². The lowest BCUT2D eigenvalue weighted by Gasteiger charge is -2.19. The Morgan fingerprint density at radius 1 is 1.25 bits per heavy atom. The van der Waals surface area contributed by atoms with Crippen molar-refractivity contribution in [3.63, 3.8) is 0 Å². The van der Waals surface area contributed by atoms with Crippen molar-refractivity contribution in [1.29, 1.82) is 0 Å². The van der Waals surface area contributed by atoms with Crippen LogP contribution >= 0.6 is 11.3 Å². The van der Waals surface area contributed by atoms with E-state index in [-0.39, 0.29) is 17.7 Å². The zero-order valence-electron chi connectivity index (χ0n) is 13.3. The molecule has 4 rings (SSSR count). The van der Waals surface area contributed by atoms with Crippen molar-refractivity contribution < 1.29 is 9.13 Å². The van der Waals surface area contributed by atoms with Gasteiger partial charge in [-0.25, -0.2) is 4.39 Å². The summed E-state index contributed by atoms with van der Waals surface area (Å²) in [6.45, 7) is 1.85. The first-order chi connectivity index (χ1) is 11.6. The third-order valence-electron chi connectivity index (χ3n) is 3.94. The van der Waals surface area contributed by atoms with Gasteiger partial charge in [0.2, 0.25) is 0 Å². The van der Waals surface area contributed by atoms with E-state index in [1.54, 1.807) is 29.7 Å². The lowest BCUT2D eigenvalue weighted by Crippen LogP contribution is -2.22. The molecule has 1 aromatic carbocycles. The molecule has 0 saturated carbocycles. The highest BCUT2D eigenvalue weighted by atomic mass is 32.1. The minimum absolute atomic E-state index is 0.0909. The van der Waals surface area contributed by atoms with E-state index in [2.05, 4.69) is 15.2 Å². The second-order valence-electron chi connectivity index (χ2n) is 5.76. The van der Waals surface area contributed by atoms with Crippen molar-refractivity contribution in [2.24, 2.45) is 0 Å². The second-order valence-corrected chi connectivity index (χ2v) is 6.84. The number of hydrogen-bond donors (Lipinski definition) is 1. The maximum absolute atomic E-state index is 14.1. The average Bonchev–Trinajstić information content (AvgIpc) is 3.16. The van der Waals surface area contributed by atoms with Crippen LogP contribution in [0.2, 0.25) is 0 Å². The highest BCUT2D eigenvalue weighted by molar-refractivity contribution is 7.19. The summed E-state index contributed by atoms with van der Waals surface area (Å²) >= 11 is 1.60. The SMILES string of the molecule is Cc1ccc(Oc2ccnc3cc(C4NC=CN4C)sc23)c(F)c1. The first-order valence-corrected chi connectivity index (χ1v) is 8.40. The number of ether oxygens (including phenoxy) is 1. The van der Waals surface area contributed by atoms with Gasteiger partial charge in [0.05, 0.1) is 15.1 Å². The summed E-state index contributed by atoms with van der Waals surface area (Å²) in [6.07, 6.45) is 5.68. The predicted octanol–water partition coefficient (Wildman–Crippen LogP) is 4.54. The largest absolute Gasteiger partial charge is 0.453 e. The molecule has 6 heteroatoms. The van der Waals surface area contributed by atoms with E-state index in [0.29, 0.717) is 5.75 Å². The zero-order valence-corrected chi connectivity index (χ0v) is 14.1. The molecule has 0 fully saturated rings. The first kappa shape index (κ1) is 15.0. The number of benzene rings is 1. The van der Waals surface area contributed by atoms with E-state index in [1.165, 1.54) is 6.07 Å². The van der Waals surface area contributed by atoms with E-state index >= 15 is 0 Å². The summed E-state index contributed by atoms with van der Waals surface area (Å²) in [6, 6.07) is 8.77. The molecule has 1 unspecified atom stereocenters. The molecule has 0 saturated heterocycles. The number of rotatable bonds is 3. The molecule has 3 heterocycles. The standard InChI is InChI=1S/C18H16FN3OS/c1-11-3-4-14(12(19)9-11)23-15-5-6-20-13-10-16(24-17(13)15)18-21-7-8-22(18)2/h3-10,18,21H,1-2H3.